The standard InChI is InChI=1S/C13H18N4O/c1-5-6-16-13(18)17(15-14-16)12-8-10(3)9(2)7-11(12)4/h7-8H,5-6H2,1-4H3. The number of tetrazole rings is 1. The van der Waals surface area contributed by atoms with Crippen molar-refractivity contribution >= 4 is 0 Å². The number of hydrogen-bond donors (Lipinski definition) is 0. The lowest BCUT2D eigenvalue weighted by Crippen LogP contribution is -2.24. The Labute approximate surface area is 106 Å². The van der Waals surface area contributed by atoms with Gasteiger partial charge in [-0.05, 0) is 60.4 Å². The molecule has 0 atom stereocenters. The summed E-state index contributed by atoms with van der Waals surface area (Å²) in [6.45, 7) is 8.67. The zero-order chi connectivity index (χ0) is 13.3. The normalized spacial score (nSPS) is 10.9. The molecule has 0 N–H and O–H groups in total. The maximum atomic E-state index is 12.1. The molecule has 1 aromatic heterocycles. The van der Waals surface area contributed by atoms with Crippen molar-refractivity contribution in [3.8, 4) is 5.69 Å². The summed E-state index contributed by atoms with van der Waals surface area (Å²) in [4.78, 5) is 12.1. The summed E-state index contributed by atoms with van der Waals surface area (Å²) in [5, 5.41) is 7.85. The number of hydrogen-bond acceptors (Lipinski definition) is 3. The Kier molecular flexibility index (Phi) is 3.32. The summed E-state index contributed by atoms with van der Waals surface area (Å²) < 4.78 is 2.77. The van der Waals surface area contributed by atoms with Gasteiger partial charge in [-0.25, -0.2) is 4.79 Å². The summed E-state index contributed by atoms with van der Waals surface area (Å²) in [5.74, 6) is 0. The van der Waals surface area contributed by atoms with E-state index in [9.17, 15) is 4.79 Å². The third kappa shape index (κ3) is 2.08. The van der Waals surface area contributed by atoms with Gasteiger partial charge in [-0.1, -0.05) is 13.0 Å². The summed E-state index contributed by atoms with van der Waals surface area (Å²) >= 11 is 0. The van der Waals surface area contributed by atoms with Crippen molar-refractivity contribution in [3.05, 3.63) is 39.3 Å². The minimum absolute atomic E-state index is 0.178. The van der Waals surface area contributed by atoms with Gasteiger partial charge < -0.3 is 0 Å². The van der Waals surface area contributed by atoms with E-state index in [4.69, 9.17) is 0 Å². The number of benzene rings is 1. The summed E-state index contributed by atoms with van der Waals surface area (Å²) in [5.41, 5.74) is 4.02. The largest absolute Gasteiger partial charge is 0.368 e. The van der Waals surface area contributed by atoms with Gasteiger partial charge in [0.2, 0.25) is 0 Å². The van der Waals surface area contributed by atoms with Gasteiger partial charge >= 0.3 is 5.69 Å². The highest BCUT2D eigenvalue weighted by Gasteiger charge is 2.11. The van der Waals surface area contributed by atoms with Crippen LogP contribution in [0.5, 0.6) is 0 Å². The molecule has 0 unspecified atom stereocenters. The zero-order valence-electron chi connectivity index (χ0n) is 11.3. The lowest BCUT2D eigenvalue weighted by molar-refractivity contribution is 0.564. The van der Waals surface area contributed by atoms with E-state index in [-0.39, 0.29) is 5.69 Å². The van der Waals surface area contributed by atoms with E-state index in [2.05, 4.69) is 23.4 Å². The Bertz CT molecular complexity index is 624. The fourth-order valence-electron chi connectivity index (χ4n) is 1.95. The van der Waals surface area contributed by atoms with Crippen molar-refractivity contribution in [2.75, 3.05) is 0 Å². The number of rotatable bonds is 3. The molecule has 18 heavy (non-hydrogen) atoms. The topological polar surface area (TPSA) is 52.7 Å². The Morgan fingerprint density at radius 1 is 1.06 bits per heavy atom. The maximum Gasteiger partial charge on any atom is 0.368 e. The second-order valence-electron chi connectivity index (χ2n) is 4.62. The number of nitrogens with zero attached hydrogens (tertiary/aromatic N) is 4. The van der Waals surface area contributed by atoms with Gasteiger partial charge in [0, 0.05) is 6.54 Å². The van der Waals surface area contributed by atoms with Crippen LogP contribution in [0.3, 0.4) is 0 Å². The molecule has 0 spiro atoms. The molecule has 1 heterocycles. The lowest BCUT2D eigenvalue weighted by atomic mass is 10.1. The van der Waals surface area contributed by atoms with Crippen LogP contribution in [0.4, 0.5) is 0 Å². The van der Waals surface area contributed by atoms with Crippen LogP contribution in [-0.4, -0.2) is 19.8 Å². The van der Waals surface area contributed by atoms with Gasteiger partial charge in [0.1, 0.15) is 0 Å². The van der Waals surface area contributed by atoms with E-state index < -0.39 is 0 Å². The van der Waals surface area contributed by atoms with E-state index in [1.54, 1.807) is 0 Å². The van der Waals surface area contributed by atoms with Crippen molar-refractivity contribution in [1.82, 2.24) is 19.8 Å². The van der Waals surface area contributed by atoms with E-state index in [0.717, 1.165) is 23.2 Å². The first-order valence-corrected chi connectivity index (χ1v) is 6.15. The molecule has 2 aromatic rings. The van der Waals surface area contributed by atoms with Crippen LogP contribution in [0, 0.1) is 20.8 Å². The van der Waals surface area contributed by atoms with Gasteiger partial charge in [-0.2, -0.15) is 9.36 Å². The Morgan fingerprint density at radius 2 is 1.72 bits per heavy atom. The van der Waals surface area contributed by atoms with Crippen LogP contribution >= 0.6 is 0 Å². The molecule has 0 radical (unpaired) electrons. The minimum Gasteiger partial charge on any atom is -0.244 e. The van der Waals surface area contributed by atoms with Gasteiger partial charge in [-0.3, -0.25) is 0 Å². The maximum absolute atomic E-state index is 12.1. The van der Waals surface area contributed by atoms with E-state index >= 15 is 0 Å². The first kappa shape index (κ1) is 12.5. The monoisotopic (exact) mass is 246 g/mol. The predicted molar refractivity (Wildman–Crippen MR) is 70.1 cm³/mol. The van der Waals surface area contributed by atoms with Crippen molar-refractivity contribution in [2.24, 2.45) is 0 Å². The highest BCUT2D eigenvalue weighted by atomic mass is 16.2. The number of aryl methyl sites for hydroxylation is 4. The van der Waals surface area contributed by atoms with Crippen LogP contribution in [-0.2, 0) is 6.54 Å². The van der Waals surface area contributed by atoms with E-state index in [1.807, 2.05) is 26.8 Å². The Hall–Kier alpha value is -1.91. The molecule has 5 heteroatoms. The van der Waals surface area contributed by atoms with Crippen LogP contribution in [0.2, 0.25) is 0 Å². The Morgan fingerprint density at radius 3 is 2.39 bits per heavy atom. The predicted octanol–water partition coefficient (Wildman–Crippen LogP) is 1.76. The highest BCUT2D eigenvalue weighted by molar-refractivity contribution is 5.45. The molecular weight excluding hydrogens is 228 g/mol. The fraction of sp³-hybridized carbons (Fsp3) is 0.462. The molecule has 0 aliphatic rings. The third-order valence-corrected chi connectivity index (χ3v) is 3.12. The lowest BCUT2D eigenvalue weighted by Gasteiger charge is -2.07. The SMILES string of the molecule is CCCn1nnn(-c2cc(C)c(C)cc2C)c1=O. The average molecular weight is 246 g/mol. The average Bonchev–Trinajstić information content (AvgIpc) is 2.67. The molecular formula is C13H18N4O. The quantitative estimate of drug-likeness (QED) is 0.829. The molecule has 0 aliphatic heterocycles. The molecule has 0 bridgehead atoms. The second kappa shape index (κ2) is 4.76. The molecule has 0 saturated heterocycles. The number of aromatic nitrogens is 4. The molecule has 0 aliphatic carbocycles. The molecule has 1 aromatic carbocycles. The van der Waals surface area contributed by atoms with E-state index in [0.29, 0.717) is 6.54 Å². The van der Waals surface area contributed by atoms with Crippen molar-refractivity contribution in [2.45, 2.75) is 40.7 Å². The van der Waals surface area contributed by atoms with Crippen LogP contribution in [0.15, 0.2) is 16.9 Å². The van der Waals surface area contributed by atoms with Crippen LogP contribution in [0.1, 0.15) is 30.0 Å². The van der Waals surface area contributed by atoms with Crippen LogP contribution in [0.25, 0.3) is 5.69 Å². The first-order valence-electron chi connectivity index (χ1n) is 6.15. The van der Waals surface area contributed by atoms with Crippen LogP contribution < -0.4 is 5.69 Å². The van der Waals surface area contributed by atoms with Crippen molar-refractivity contribution in [1.29, 1.82) is 0 Å². The van der Waals surface area contributed by atoms with Crippen molar-refractivity contribution in [3.63, 3.8) is 0 Å². The van der Waals surface area contributed by atoms with Gasteiger partial charge in [-0.15, -0.1) is 0 Å². The molecule has 5 nitrogen and oxygen atoms in total. The summed E-state index contributed by atoms with van der Waals surface area (Å²) in [6, 6.07) is 4.05. The first-order chi connectivity index (χ1) is 8.54. The molecule has 0 saturated carbocycles. The molecule has 0 amide bonds. The minimum atomic E-state index is -0.178. The molecule has 0 fully saturated rings. The van der Waals surface area contributed by atoms with Crippen molar-refractivity contribution < 1.29 is 0 Å². The smallest absolute Gasteiger partial charge is 0.244 e. The fourth-order valence-corrected chi connectivity index (χ4v) is 1.95. The molecule has 96 valence electrons. The van der Waals surface area contributed by atoms with E-state index in [1.165, 1.54) is 14.9 Å². The highest BCUT2D eigenvalue weighted by Crippen LogP contribution is 2.17. The summed E-state index contributed by atoms with van der Waals surface area (Å²) in [7, 11) is 0. The Balaban J connectivity index is 2.56. The second-order valence-corrected chi connectivity index (χ2v) is 4.62. The zero-order valence-corrected chi connectivity index (χ0v) is 11.3. The third-order valence-electron chi connectivity index (χ3n) is 3.12. The van der Waals surface area contributed by atoms with Gasteiger partial charge in [0.15, 0.2) is 0 Å². The summed E-state index contributed by atoms with van der Waals surface area (Å²) in [6.07, 6.45) is 0.866. The van der Waals surface area contributed by atoms with Gasteiger partial charge in [0.25, 0.3) is 0 Å². The van der Waals surface area contributed by atoms with Gasteiger partial charge in [0.05, 0.1) is 5.69 Å². The molecule has 2 rings (SSSR count).